The number of pyridine rings is 1. The average Bonchev–Trinajstić information content (AvgIpc) is 2.40. The molecule has 0 unspecified atom stereocenters. The van der Waals surface area contributed by atoms with Crippen LogP contribution in [0.1, 0.15) is 0 Å². The molecule has 94 valence electrons. The number of hydrogen-bond acceptors (Lipinski definition) is 4. The lowest BCUT2D eigenvalue weighted by Gasteiger charge is -2.10. The Morgan fingerprint density at radius 1 is 1.11 bits per heavy atom. The Morgan fingerprint density at radius 3 is 2.56 bits per heavy atom. The van der Waals surface area contributed by atoms with Crippen molar-refractivity contribution in [2.24, 2.45) is 0 Å². The van der Waals surface area contributed by atoms with E-state index in [-0.39, 0.29) is 22.9 Å². The van der Waals surface area contributed by atoms with E-state index in [1.807, 2.05) is 0 Å². The summed E-state index contributed by atoms with van der Waals surface area (Å²) in [6, 6.07) is 6.32. The van der Waals surface area contributed by atoms with E-state index in [0.717, 1.165) is 0 Å². The Morgan fingerprint density at radius 2 is 1.89 bits per heavy atom. The summed E-state index contributed by atoms with van der Waals surface area (Å²) in [7, 11) is 2.77. The summed E-state index contributed by atoms with van der Waals surface area (Å²) >= 11 is 0. The number of aromatic hydroxyl groups is 1. The van der Waals surface area contributed by atoms with Gasteiger partial charge < -0.3 is 14.6 Å². The molecule has 0 amide bonds. The van der Waals surface area contributed by atoms with Crippen LogP contribution in [0.4, 0.5) is 4.39 Å². The largest absolute Gasteiger partial charge is 0.504 e. The number of para-hydroxylation sites is 1. The molecule has 1 N–H and O–H groups in total. The van der Waals surface area contributed by atoms with Crippen molar-refractivity contribution in [3.05, 3.63) is 36.3 Å². The molecule has 0 saturated carbocycles. The summed E-state index contributed by atoms with van der Waals surface area (Å²) in [6.07, 6.45) is 1.41. The molecule has 4 nitrogen and oxygen atoms in total. The first kappa shape index (κ1) is 12.2. The Balaban J connectivity index is 2.62. The van der Waals surface area contributed by atoms with Gasteiger partial charge in [0.1, 0.15) is 0 Å². The number of methoxy groups -OCH3 is 2. The van der Waals surface area contributed by atoms with E-state index in [9.17, 15) is 9.50 Å². The summed E-state index contributed by atoms with van der Waals surface area (Å²) < 4.78 is 23.8. The first-order chi connectivity index (χ1) is 8.69. The molecule has 1 aromatic carbocycles. The maximum atomic E-state index is 14.0. The minimum absolute atomic E-state index is 0.116. The highest BCUT2D eigenvalue weighted by molar-refractivity contribution is 5.74. The Bertz CT molecular complexity index is 521. The van der Waals surface area contributed by atoms with Gasteiger partial charge in [-0.2, -0.15) is 0 Å². The highest BCUT2D eigenvalue weighted by Gasteiger charge is 2.16. The number of phenolic OH excluding ortho intramolecular Hbond substituents is 1. The van der Waals surface area contributed by atoms with Crippen molar-refractivity contribution in [3.63, 3.8) is 0 Å². The molecule has 0 bridgehead atoms. The molecule has 1 aromatic heterocycles. The number of benzene rings is 1. The minimum Gasteiger partial charge on any atom is -0.504 e. The maximum Gasteiger partial charge on any atom is 0.250 e. The first-order valence-electron chi connectivity index (χ1n) is 5.24. The number of phenols is 1. The number of rotatable bonds is 3. The molecule has 5 heteroatoms. The van der Waals surface area contributed by atoms with Crippen molar-refractivity contribution in [2.75, 3.05) is 14.2 Å². The summed E-state index contributed by atoms with van der Waals surface area (Å²) in [6.45, 7) is 0. The normalized spacial score (nSPS) is 10.2. The van der Waals surface area contributed by atoms with Crippen LogP contribution in [0.15, 0.2) is 30.5 Å². The van der Waals surface area contributed by atoms with E-state index in [1.54, 1.807) is 18.2 Å². The third-order valence-corrected chi connectivity index (χ3v) is 2.56. The van der Waals surface area contributed by atoms with Crippen molar-refractivity contribution in [1.82, 2.24) is 4.98 Å². The second-order valence-corrected chi connectivity index (χ2v) is 3.54. The third kappa shape index (κ3) is 1.95. The van der Waals surface area contributed by atoms with Crippen molar-refractivity contribution < 1.29 is 19.0 Å². The summed E-state index contributed by atoms with van der Waals surface area (Å²) in [5.41, 5.74) is 0.533. The van der Waals surface area contributed by atoms with E-state index in [4.69, 9.17) is 9.47 Å². The van der Waals surface area contributed by atoms with Crippen LogP contribution < -0.4 is 9.47 Å². The van der Waals surface area contributed by atoms with Gasteiger partial charge >= 0.3 is 0 Å². The smallest absolute Gasteiger partial charge is 0.250 e. The highest BCUT2D eigenvalue weighted by Crippen LogP contribution is 2.38. The fourth-order valence-corrected chi connectivity index (χ4v) is 1.68. The van der Waals surface area contributed by atoms with Crippen molar-refractivity contribution >= 4 is 0 Å². The second kappa shape index (κ2) is 4.91. The first-order valence-corrected chi connectivity index (χ1v) is 5.24. The van der Waals surface area contributed by atoms with Crippen LogP contribution in [-0.4, -0.2) is 24.3 Å². The zero-order valence-electron chi connectivity index (χ0n) is 9.98. The van der Waals surface area contributed by atoms with Crippen molar-refractivity contribution in [3.8, 4) is 28.5 Å². The highest BCUT2D eigenvalue weighted by atomic mass is 19.1. The van der Waals surface area contributed by atoms with E-state index in [2.05, 4.69) is 4.98 Å². The molecular weight excluding hydrogens is 237 g/mol. The molecule has 0 aliphatic rings. The maximum absolute atomic E-state index is 14.0. The van der Waals surface area contributed by atoms with Gasteiger partial charge in [-0.1, -0.05) is 12.1 Å². The van der Waals surface area contributed by atoms with Gasteiger partial charge in [0, 0.05) is 17.3 Å². The van der Waals surface area contributed by atoms with Crippen molar-refractivity contribution in [1.29, 1.82) is 0 Å². The number of aromatic nitrogens is 1. The van der Waals surface area contributed by atoms with Gasteiger partial charge in [0.15, 0.2) is 17.3 Å². The van der Waals surface area contributed by atoms with Crippen LogP contribution in [0.25, 0.3) is 11.1 Å². The van der Waals surface area contributed by atoms with Gasteiger partial charge in [-0.25, -0.2) is 9.37 Å². The summed E-state index contributed by atoms with van der Waals surface area (Å²) in [5.74, 6) is -0.576. The zero-order valence-corrected chi connectivity index (χ0v) is 9.98. The predicted octanol–water partition coefficient (Wildman–Crippen LogP) is 2.61. The number of hydrogen-bond donors (Lipinski definition) is 1. The molecule has 2 aromatic rings. The van der Waals surface area contributed by atoms with E-state index in [1.165, 1.54) is 26.5 Å². The number of halogens is 1. The van der Waals surface area contributed by atoms with Gasteiger partial charge in [0.25, 0.3) is 5.88 Å². The Kier molecular flexibility index (Phi) is 3.32. The topological polar surface area (TPSA) is 51.6 Å². The van der Waals surface area contributed by atoms with Crippen LogP contribution in [0, 0.1) is 5.82 Å². The van der Waals surface area contributed by atoms with Gasteiger partial charge in [-0.3, -0.25) is 0 Å². The molecule has 0 aliphatic carbocycles. The fourth-order valence-electron chi connectivity index (χ4n) is 1.68. The molecule has 0 saturated heterocycles. The SMILES string of the molecule is COc1cccc(-c2ccnc(OC)c2F)c1O. The lowest BCUT2D eigenvalue weighted by molar-refractivity contribution is 0.368. The van der Waals surface area contributed by atoms with E-state index >= 15 is 0 Å². The lowest BCUT2D eigenvalue weighted by atomic mass is 10.0. The molecule has 1 heterocycles. The van der Waals surface area contributed by atoms with Gasteiger partial charge in [0.2, 0.25) is 0 Å². The molecule has 0 fully saturated rings. The molecule has 2 rings (SSSR count). The monoisotopic (exact) mass is 249 g/mol. The van der Waals surface area contributed by atoms with Crippen LogP contribution in [0.3, 0.4) is 0 Å². The van der Waals surface area contributed by atoms with Gasteiger partial charge in [-0.05, 0) is 12.1 Å². The molecule has 18 heavy (non-hydrogen) atoms. The Hall–Kier alpha value is -2.30. The van der Waals surface area contributed by atoms with Crippen LogP contribution in [-0.2, 0) is 0 Å². The molecule has 0 atom stereocenters. The van der Waals surface area contributed by atoms with Crippen molar-refractivity contribution in [2.45, 2.75) is 0 Å². The summed E-state index contributed by atoms with van der Waals surface area (Å²) in [5, 5.41) is 9.98. The van der Waals surface area contributed by atoms with Crippen LogP contribution >= 0.6 is 0 Å². The van der Waals surface area contributed by atoms with Crippen LogP contribution in [0.2, 0.25) is 0 Å². The molecular formula is C13H12FNO3. The predicted molar refractivity (Wildman–Crippen MR) is 64.4 cm³/mol. The number of nitrogens with zero attached hydrogens (tertiary/aromatic N) is 1. The van der Waals surface area contributed by atoms with Gasteiger partial charge in [-0.15, -0.1) is 0 Å². The molecule has 0 radical (unpaired) electrons. The van der Waals surface area contributed by atoms with Gasteiger partial charge in [0.05, 0.1) is 14.2 Å². The minimum atomic E-state index is -0.622. The van der Waals surface area contributed by atoms with Crippen LogP contribution in [0.5, 0.6) is 17.4 Å². The standard InChI is InChI=1S/C13H12FNO3/c1-17-10-5-3-4-9(12(10)16)8-6-7-15-13(18-2)11(8)14/h3-7,16H,1-2H3. The fraction of sp³-hybridized carbons (Fsp3) is 0.154. The molecule has 0 aliphatic heterocycles. The lowest BCUT2D eigenvalue weighted by Crippen LogP contribution is -1.95. The second-order valence-electron chi connectivity index (χ2n) is 3.54. The van der Waals surface area contributed by atoms with E-state index < -0.39 is 5.82 Å². The average molecular weight is 249 g/mol. The van der Waals surface area contributed by atoms with E-state index in [0.29, 0.717) is 5.56 Å². The quantitative estimate of drug-likeness (QED) is 0.908. The third-order valence-electron chi connectivity index (χ3n) is 2.56. The molecule has 0 spiro atoms. The zero-order chi connectivity index (χ0) is 13.1. The number of ether oxygens (including phenoxy) is 2. The Labute approximate surface area is 104 Å². The summed E-state index contributed by atoms with van der Waals surface area (Å²) in [4.78, 5) is 3.75.